The Morgan fingerprint density at radius 3 is 2.53 bits per heavy atom. The predicted octanol–water partition coefficient (Wildman–Crippen LogP) is 2.58. The lowest BCUT2D eigenvalue weighted by Gasteiger charge is -2.15. The van der Waals surface area contributed by atoms with Crippen LogP contribution in [-0.4, -0.2) is 32.2 Å². The molecular formula is C12H24O3. The number of unbranched alkanes of at least 4 members (excludes halogenated alkanes) is 3. The van der Waals surface area contributed by atoms with Gasteiger partial charge in [0.25, 0.3) is 0 Å². The first-order chi connectivity index (χ1) is 7.20. The van der Waals surface area contributed by atoms with Gasteiger partial charge >= 0.3 is 0 Å². The van der Waals surface area contributed by atoms with E-state index < -0.39 is 0 Å². The van der Waals surface area contributed by atoms with Gasteiger partial charge in [-0.25, -0.2) is 0 Å². The van der Waals surface area contributed by atoms with Gasteiger partial charge in [0.1, 0.15) is 6.61 Å². The predicted molar refractivity (Wildman–Crippen MR) is 61.1 cm³/mol. The third kappa shape index (κ3) is 9.88. The van der Waals surface area contributed by atoms with Crippen LogP contribution in [0.25, 0.3) is 0 Å². The summed E-state index contributed by atoms with van der Waals surface area (Å²) in [6.07, 6.45) is 5.97. The molecule has 0 aromatic carbocycles. The molecule has 0 rings (SSSR count). The highest BCUT2D eigenvalue weighted by molar-refractivity contribution is 5.76. The van der Waals surface area contributed by atoms with E-state index in [9.17, 15) is 4.79 Å². The van der Waals surface area contributed by atoms with Crippen molar-refractivity contribution in [1.82, 2.24) is 0 Å². The Labute approximate surface area is 93.1 Å². The van der Waals surface area contributed by atoms with Crippen LogP contribution < -0.4 is 0 Å². The Balaban J connectivity index is 3.57. The molecule has 90 valence electrons. The maximum absolute atomic E-state index is 10.8. The maximum atomic E-state index is 10.8. The van der Waals surface area contributed by atoms with Crippen molar-refractivity contribution in [3.8, 4) is 0 Å². The Kier molecular flexibility index (Phi) is 9.84. The minimum Gasteiger partial charge on any atom is -0.382 e. The van der Waals surface area contributed by atoms with Crippen LogP contribution in [-0.2, 0) is 14.3 Å². The minimum absolute atomic E-state index is 0.0738. The minimum atomic E-state index is 0.0738. The molecule has 1 atom stereocenters. The standard InChI is InChI=1S/C12H24O3/c1-4-5-6-7-8-12(10-14-3)15-9-11(2)13/h12H,4-10H2,1-3H3. The van der Waals surface area contributed by atoms with Gasteiger partial charge in [-0.3, -0.25) is 4.79 Å². The summed E-state index contributed by atoms with van der Waals surface area (Å²) in [5, 5.41) is 0. The summed E-state index contributed by atoms with van der Waals surface area (Å²) >= 11 is 0. The Bertz CT molecular complexity index is 157. The van der Waals surface area contributed by atoms with Crippen LogP contribution in [0.4, 0.5) is 0 Å². The number of ether oxygens (including phenoxy) is 2. The van der Waals surface area contributed by atoms with Crippen molar-refractivity contribution in [2.75, 3.05) is 20.3 Å². The second-order valence-corrected chi connectivity index (χ2v) is 3.94. The molecule has 0 aliphatic rings. The highest BCUT2D eigenvalue weighted by Gasteiger charge is 2.09. The summed E-state index contributed by atoms with van der Waals surface area (Å²) in [6, 6.07) is 0. The van der Waals surface area contributed by atoms with E-state index in [1.807, 2.05) is 0 Å². The maximum Gasteiger partial charge on any atom is 0.155 e. The number of Topliss-reactive ketones (excluding diaryl/α,β-unsaturated/α-hetero) is 1. The molecule has 0 amide bonds. The molecule has 3 nitrogen and oxygen atoms in total. The molecule has 0 fully saturated rings. The number of ketones is 1. The van der Waals surface area contributed by atoms with Crippen LogP contribution in [0.1, 0.15) is 46.0 Å². The fraction of sp³-hybridized carbons (Fsp3) is 0.917. The van der Waals surface area contributed by atoms with Crippen molar-refractivity contribution in [1.29, 1.82) is 0 Å². The number of rotatable bonds is 10. The summed E-state index contributed by atoms with van der Waals surface area (Å²) in [6.45, 7) is 4.53. The van der Waals surface area contributed by atoms with Crippen molar-refractivity contribution < 1.29 is 14.3 Å². The van der Waals surface area contributed by atoms with Gasteiger partial charge in [0, 0.05) is 7.11 Å². The molecule has 15 heavy (non-hydrogen) atoms. The first kappa shape index (κ1) is 14.6. The van der Waals surface area contributed by atoms with Crippen LogP contribution in [0.15, 0.2) is 0 Å². The van der Waals surface area contributed by atoms with Crippen molar-refractivity contribution in [3.63, 3.8) is 0 Å². The first-order valence-electron chi connectivity index (χ1n) is 5.80. The lowest BCUT2D eigenvalue weighted by atomic mass is 10.1. The van der Waals surface area contributed by atoms with E-state index in [1.165, 1.54) is 19.3 Å². The monoisotopic (exact) mass is 216 g/mol. The fourth-order valence-electron chi connectivity index (χ4n) is 1.43. The highest BCUT2D eigenvalue weighted by atomic mass is 16.5. The summed E-state index contributed by atoms with van der Waals surface area (Å²) < 4.78 is 10.5. The average Bonchev–Trinajstić information content (AvgIpc) is 2.20. The number of carbonyl (C=O) groups excluding carboxylic acids is 1. The topological polar surface area (TPSA) is 35.5 Å². The van der Waals surface area contributed by atoms with E-state index in [2.05, 4.69) is 6.92 Å². The Morgan fingerprint density at radius 2 is 2.00 bits per heavy atom. The van der Waals surface area contributed by atoms with Crippen LogP contribution >= 0.6 is 0 Å². The third-order valence-corrected chi connectivity index (χ3v) is 2.25. The van der Waals surface area contributed by atoms with Gasteiger partial charge in [-0.05, 0) is 13.3 Å². The Hall–Kier alpha value is -0.410. The smallest absolute Gasteiger partial charge is 0.155 e. The molecule has 0 radical (unpaired) electrons. The van der Waals surface area contributed by atoms with Crippen LogP contribution in [0, 0.1) is 0 Å². The highest BCUT2D eigenvalue weighted by Crippen LogP contribution is 2.08. The number of hydrogen-bond acceptors (Lipinski definition) is 3. The molecule has 3 heteroatoms. The molecular weight excluding hydrogens is 192 g/mol. The second-order valence-electron chi connectivity index (χ2n) is 3.94. The molecule has 0 saturated carbocycles. The van der Waals surface area contributed by atoms with Crippen LogP contribution in [0.2, 0.25) is 0 Å². The molecule has 0 aliphatic carbocycles. The van der Waals surface area contributed by atoms with Gasteiger partial charge in [0.2, 0.25) is 0 Å². The van der Waals surface area contributed by atoms with Crippen molar-refractivity contribution in [2.45, 2.75) is 52.1 Å². The summed E-state index contributed by atoms with van der Waals surface area (Å²) in [5.41, 5.74) is 0. The summed E-state index contributed by atoms with van der Waals surface area (Å²) in [7, 11) is 1.66. The van der Waals surface area contributed by atoms with E-state index in [0.717, 1.165) is 12.8 Å². The third-order valence-electron chi connectivity index (χ3n) is 2.25. The molecule has 0 bridgehead atoms. The zero-order chi connectivity index (χ0) is 11.5. The van der Waals surface area contributed by atoms with Gasteiger partial charge in [0.05, 0.1) is 12.7 Å². The zero-order valence-electron chi connectivity index (χ0n) is 10.3. The molecule has 0 aromatic heterocycles. The van der Waals surface area contributed by atoms with E-state index in [1.54, 1.807) is 14.0 Å². The number of carbonyl (C=O) groups is 1. The first-order valence-corrected chi connectivity index (χ1v) is 5.80. The average molecular weight is 216 g/mol. The second kappa shape index (κ2) is 10.1. The molecule has 0 aromatic rings. The van der Waals surface area contributed by atoms with Gasteiger partial charge in [-0.15, -0.1) is 0 Å². The van der Waals surface area contributed by atoms with E-state index in [4.69, 9.17) is 9.47 Å². The van der Waals surface area contributed by atoms with Crippen molar-refractivity contribution in [2.24, 2.45) is 0 Å². The van der Waals surface area contributed by atoms with Gasteiger partial charge in [-0.2, -0.15) is 0 Å². The van der Waals surface area contributed by atoms with Crippen molar-refractivity contribution in [3.05, 3.63) is 0 Å². The lowest BCUT2D eigenvalue weighted by Crippen LogP contribution is -2.22. The van der Waals surface area contributed by atoms with Crippen LogP contribution in [0.5, 0.6) is 0 Å². The zero-order valence-corrected chi connectivity index (χ0v) is 10.3. The quantitative estimate of drug-likeness (QED) is 0.526. The normalized spacial score (nSPS) is 12.7. The SMILES string of the molecule is CCCCCCC(COC)OCC(C)=O. The molecule has 0 spiro atoms. The Morgan fingerprint density at radius 1 is 1.27 bits per heavy atom. The number of methoxy groups -OCH3 is 1. The summed E-state index contributed by atoms with van der Waals surface area (Å²) in [5.74, 6) is 0.0738. The number of hydrogen-bond donors (Lipinski definition) is 0. The molecule has 0 saturated heterocycles. The van der Waals surface area contributed by atoms with Gasteiger partial charge in [-0.1, -0.05) is 32.6 Å². The summed E-state index contributed by atoms with van der Waals surface area (Å²) in [4.78, 5) is 10.8. The molecule has 1 unspecified atom stereocenters. The van der Waals surface area contributed by atoms with Gasteiger partial charge < -0.3 is 9.47 Å². The van der Waals surface area contributed by atoms with E-state index in [0.29, 0.717) is 6.61 Å². The van der Waals surface area contributed by atoms with Crippen molar-refractivity contribution >= 4 is 5.78 Å². The fourth-order valence-corrected chi connectivity index (χ4v) is 1.43. The lowest BCUT2D eigenvalue weighted by molar-refractivity contribution is -0.124. The van der Waals surface area contributed by atoms with E-state index in [-0.39, 0.29) is 18.5 Å². The molecule has 0 aliphatic heterocycles. The van der Waals surface area contributed by atoms with E-state index >= 15 is 0 Å². The van der Waals surface area contributed by atoms with Crippen LogP contribution in [0.3, 0.4) is 0 Å². The molecule has 0 N–H and O–H groups in total. The largest absolute Gasteiger partial charge is 0.382 e. The van der Waals surface area contributed by atoms with Gasteiger partial charge in [0.15, 0.2) is 5.78 Å². The molecule has 0 heterocycles.